The highest BCUT2D eigenvalue weighted by atomic mass is 35.7. The predicted molar refractivity (Wildman–Crippen MR) is 51.5 cm³/mol. The second-order valence-corrected chi connectivity index (χ2v) is 5.44. The van der Waals surface area contributed by atoms with Crippen molar-refractivity contribution in [3.05, 3.63) is 21.9 Å². The number of ether oxygens (including phenoxy) is 1. The molecule has 0 saturated heterocycles. The van der Waals surface area contributed by atoms with Crippen LogP contribution < -0.4 is 10.2 Å². The minimum absolute atomic E-state index is 0.325. The largest absolute Gasteiger partial charge is 0.574 e. The standard InChI is InChI=1S/C7H5ClF3NO4S/c1-3-4(13)2-5(16-7(9,10)11)12-6(3)17(8,14)15/h2H,1H3,(H,12,13). The molecule has 1 heterocycles. The number of halogens is 4. The van der Waals surface area contributed by atoms with Crippen LogP contribution in [0.1, 0.15) is 5.56 Å². The van der Waals surface area contributed by atoms with Crippen molar-refractivity contribution in [2.45, 2.75) is 18.3 Å². The molecule has 0 aliphatic rings. The summed E-state index contributed by atoms with van der Waals surface area (Å²) in [5.74, 6) is -1.05. The van der Waals surface area contributed by atoms with Gasteiger partial charge in [0.25, 0.3) is 9.05 Å². The highest BCUT2D eigenvalue weighted by molar-refractivity contribution is 8.13. The van der Waals surface area contributed by atoms with Gasteiger partial charge >= 0.3 is 6.36 Å². The van der Waals surface area contributed by atoms with E-state index in [0.717, 1.165) is 6.92 Å². The number of alkyl halides is 3. The summed E-state index contributed by atoms with van der Waals surface area (Å²) in [6.07, 6.45) is -5.05. The minimum Gasteiger partial charge on any atom is -0.390 e. The molecule has 5 nitrogen and oxygen atoms in total. The van der Waals surface area contributed by atoms with E-state index in [1.54, 1.807) is 4.98 Å². The lowest BCUT2D eigenvalue weighted by molar-refractivity contribution is -0.276. The van der Waals surface area contributed by atoms with E-state index in [2.05, 4.69) is 4.74 Å². The van der Waals surface area contributed by atoms with Gasteiger partial charge in [0.2, 0.25) is 5.88 Å². The highest BCUT2D eigenvalue weighted by Gasteiger charge is 2.32. The van der Waals surface area contributed by atoms with Gasteiger partial charge in [-0.2, -0.15) is 0 Å². The van der Waals surface area contributed by atoms with E-state index in [1.807, 2.05) is 0 Å². The molecule has 96 valence electrons. The molecule has 0 amide bonds. The number of nitrogens with one attached hydrogen (secondary N) is 1. The van der Waals surface area contributed by atoms with Crippen LogP contribution in [0.2, 0.25) is 0 Å². The average molecular weight is 292 g/mol. The molecule has 10 heteroatoms. The quantitative estimate of drug-likeness (QED) is 0.838. The fourth-order valence-electron chi connectivity index (χ4n) is 1.00. The van der Waals surface area contributed by atoms with E-state index in [0.29, 0.717) is 6.07 Å². The van der Waals surface area contributed by atoms with Crippen molar-refractivity contribution in [2.24, 2.45) is 0 Å². The monoisotopic (exact) mass is 291 g/mol. The van der Waals surface area contributed by atoms with Crippen LogP contribution in [-0.4, -0.2) is 19.8 Å². The maximum atomic E-state index is 11.9. The van der Waals surface area contributed by atoms with Crippen molar-refractivity contribution in [3.8, 4) is 5.88 Å². The first-order valence-corrected chi connectivity index (χ1v) is 6.26. The molecule has 0 unspecified atom stereocenters. The zero-order valence-electron chi connectivity index (χ0n) is 8.13. The van der Waals surface area contributed by atoms with Gasteiger partial charge in [-0.25, -0.2) is 8.42 Å². The predicted octanol–water partition coefficient (Wildman–Crippen LogP) is 1.51. The van der Waals surface area contributed by atoms with Crippen LogP contribution in [0, 0.1) is 6.92 Å². The van der Waals surface area contributed by atoms with Gasteiger partial charge in [-0.3, -0.25) is 4.79 Å². The van der Waals surface area contributed by atoms with Gasteiger partial charge in [-0.05, 0) is 6.92 Å². The summed E-state index contributed by atoms with van der Waals surface area (Å²) < 4.78 is 61.0. The average Bonchev–Trinajstić information content (AvgIpc) is 2.06. The summed E-state index contributed by atoms with van der Waals surface area (Å²) in [6.45, 7) is 1.10. The van der Waals surface area contributed by atoms with Crippen molar-refractivity contribution in [1.29, 1.82) is 0 Å². The van der Waals surface area contributed by atoms with Crippen LogP contribution in [-0.2, 0) is 9.05 Å². The maximum Gasteiger partial charge on any atom is 0.574 e. The van der Waals surface area contributed by atoms with Crippen LogP contribution in [0.15, 0.2) is 15.9 Å². The molecule has 1 aromatic rings. The highest BCUT2D eigenvalue weighted by Crippen LogP contribution is 2.23. The van der Waals surface area contributed by atoms with Gasteiger partial charge in [0.1, 0.15) is 0 Å². The third-order valence-electron chi connectivity index (χ3n) is 1.68. The Labute approximate surface area is 97.6 Å². The number of aromatic amines is 1. The number of rotatable bonds is 2. The molecule has 1 rings (SSSR count). The molecular weight excluding hydrogens is 287 g/mol. The molecule has 0 spiro atoms. The first-order chi connectivity index (χ1) is 7.50. The summed E-state index contributed by atoms with van der Waals surface area (Å²) in [6, 6.07) is 0.481. The molecule has 17 heavy (non-hydrogen) atoms. The van der Waals surface area contributed by atoms with Crippen LogP contribution in [0.3, 0.4) is 0 Å². The van der Waals surface area contributed by atoms with E-state index < -0.39 is 31.7 Å². The smallest absolute Gasteiger partial charge is 0.390 e. The third kappa shape index (κ3) is 3.63. The molecule has 0 atom stereocenters. The molecule has 0 aromatic carbocycles. The third-order valence-corrected chi connectivity index (χ3v) is 3.04. The fourth-order valence-corrected chi connectivity index (χ4v) is 2.16. The molecule has 0 radical (unpaired) electrons. The lowest BCUT2D eigenvalue weighted by Gasteiger charge is -2.10. The zero-order chi connectivity index (χ0) is 13.4. The van der Waals surface area contributed by atoms with Gasteiger partial charge in [0.15, 0.2) is 10.5 Å². The number of aromatic nitrogens is 1. The fraction of sp³-hybridized carbons (Fsp3) is 0.286. The van der Waals surface area contributed by atoms with Gasteiger partial charge in [-0.1, -0.05) is 0 Å². The van der Waals surface area contributed by atoms with E-state index in [4.69, 9.17) is 10.7 Å². The normalized spacial score (nSPS) is 12.5. The van der Waals surface area contributed by atoms with Gasteiger partial charge < -0.3 is 9.72 Å². The SMILES string of the molecule is Cc1c(S(=O)(=O)Cl)[nH]c(OC(F)(F)F)cc1=O. The first kappa shape index (κ1) is 13.8. The van der Waals surface area contributed by atoms with Crippen molar-refractivity contribution in [2.75, 3.05) is 0 Å². The summed E-state index contributed by atoms with van der Waals surface area (Å²) in [5.41, 5.74) is -1.27. The second kappa shape index (κ2) is 4.22. The maximum absolute atomic E-state index is 11.9. The van der Waals surface area contributed by atoms with E-state index in [1.165, 1.54) is 0 Å². The van der Waals surface area contributed by atoms with Crippen LogP contribution in [0.25, 0.3) is 0 Å². The summed E-state index contributed by atoms with van der Waals surface area (Å²) in [5, 5.41) is -0.828. The van der Waals surface area contributed by atoms with Crippen molar-refractivity contribution in [1.82, 2.24) is 4.98 Å². The van der Waals surface area contributed by atoms with E-state index in [-0.39, 0.29) is 5.56 Å². The summed E-state index contributed by atoms with van der Waals surface area (Å²) in [7, 11) is 0.580. The number of pyridine rings is 1. The molecule has 0 fully saturated rings. The van der Waals surface area contributed by atoms with Crippen LogP contribution in [0.5, 0.6) is 5.88 Å². The molecule has 0 aliphatic heterocycles. The molecule has 0 aliphatic carbocycles. The summed E-state index contributed by atoms with van der Waals surface area (Å²) >= 11 is 0. The van der Waals surface area contributed by atoms with Gasteiger partial charge in [0.05, 0.1) is 0 Å². The summed E-state index contributed by atoms with van der Waals surface area (Å²) in [4.78, 5) is 13.0. The Balaban J connectivity index is 3.40. The van der Waals surface area contributed by atoms with Crippen molar-refractivity contribution >= 4 is 19.7 Å². The van der Waals surface area contributed by atoms with Gasteiger partial charge in [-0.15, -0.1) is 13.2 Å². The lowest BCUT2D eigenvalue weighted by Crippen LogP contribution is -2.21. The van der Waals surface area contributed by atoms with Crippen LogP contribution in [0.4, 0.5) is 13.2 Å². The molecular formula is C7H5ClF3NO4S. The van der Waals surface area contributed by atoms with Crippen LogP contribution >= 0.6 is 10.7 Å². The second-order valence-electron chi connectivity index (χ2n) is 2.94. The number of hydrogen-bond acceptors (Lipinski definition) is 4. The number of hydrogen-bond donors (Lipinski definition) is 1. The Hall–Kier alpha value is -1.22. The Morgan fingerprint density at radius 1 is 1.41 bits per heavy atom. The zero-order valence-corrected chi connectivity index (χ0v) is 9.70. The molecule has 1 aromatic heterocycles. The lowest BCUT2D eigenvalue weighted by atomic mass is 10.3. The Morgan fingerprint density at radius 2 is 1.94 bits per heavy atom. The Kier molecular flexibility index (Phi) is 3.44. The van der Waals surface area contributed by atoms with Crippen molar-refractivity contribution < 1.29 is 26.3 Å². The number of H-pyrrole nitrogens is 1. The van der Waals surface area contributed by atoms with E-state index in [9.17, 15) is 26.4 Å². The topological polar surface area (TPSA) is 76.2 Å². The van der Waals surface area contributed by atoms with Gasteiger partial charge in [0, 0.05) is 22.3 Å². The van der Waals surface area contributed by atoms with Crippen molar-refractivity contribution in [3.63, 3.8) is 0 Å². The van der Waals surface area contributed by atoms with E-state index >= 15 is 0 Å². The minimum atomic E-state index is -5.05. The molecule has 1 N–H and O–H groups in total. The molecule has 0 bridgehead atoms. The molecule has 0 saturated carbocycles. The Bertz CT molecular complexity index is 592. The Morgan fingerprint density at radius 3 is 2.35 bits per heavy atom. The first-order valence-electron chi connectivity index (χ1n) is 3.95.